The number of likely N-dealkylation sites (tertiary alicyclic amines) is 1. The molecular formula is C23H36N4O3. The molecule has 1 aromatic rings. The number of carbonyl (C=O) groups excluding carboxylic acids is 1. The Hall–Kier alpha value is -1.51. The van der Waals surface area contributed by atoms with Gasteiger partial charge in [0.05, 0.1) is 18.8 Å². The number of amides is 1. The van der Waals surface area contributed by atoms with E-state index in [9.17, 15) is 9.90 Å². The van der Waals surface area contributed by atoms with Gasteiger partial charge in [0.1, 0.15) is 0 Å². The topological polar surface area (TPSA) is 59.5 Å². The third kappa shape index (κ3) is 5.80. The molecule has 7 nitrogen and oxygen atoms in total. The number of aliphatic hydroxyl groups is 1. The zero-order chi connectivity index (χ0) is 21.0. The van der Waals surface area contributed by atoms with E-state index in [1.54, 1.807) is 6.92 Å². The summed E-state index contributed by atoms with van der Waals surface area (Å²) in [4.78, 5) is 20.5. The number of morpholine rings is 1. The van der Waals surface area contributed by atoms with Gasteiger partial charge in [0.2, 0.25) is 5.91 Å². The van der Waals surface area contributed by atoms with Crippen molar-refractivity contribution < 1.29 is 14.6 Å². The molecule has 0 saturated carbocycles. The van der Waals surface area contributed by atoms with Crippen molar-refractivity contribution >= 4 is 5.91 Å². The monoisotopic (exact) mass is 416 g/mol. The van der Waals surface area contributed by atoms with Gasteiger partial charge in [-0.3, -0.25) is 19.5 Å². The van der Waals surface area contributed by atoms with E-state index in [0.717, 1.165) is 78.5 Å². The number of hydrogen-bond acceptors (Lipinski definition) is 6. The first-order valence-corrected chi connectivity index (χ1v) is 11.3. The van der Waals surface area contributed by atoms with E-state index >= 15 is 0 Å². The normalized spacial score (nSPS) is 26.9. The molecule has 3 saturated heterocycles. The van der Waals surface area contributed by atoms with Crippen LogP contribution >= 0.6 is 0 Å². The maximum absolute atomic E-state index is 11.5. The zero-order valence-corrected chi connectivity index (χ0v) is 18.3. The fraction of sp³-hybridized carbons (Fsp3) is 0.696. The van der Waals surface area contributed by atoms with Crippen LogP contribution in [0.4, 0.5) is 0 Å². The minimum Gasteiger partial charge on any atom is -0.387 e. The molecule has 3 aliphatic heterocycles. The lowest BCUT2D eigenvalue weighted by atomic mass is 10.0. The third-order valence-corrected chi connectivity index (χ3v) is 6.65. The van der Waals surface area contributed by atoms with Crippen LogP contribution < -0.4 is 0 Å². The average molecular weight is 417 g/mol. The third-order valence-electron chi connectivity index (χ3n) is 6.65. The predicted octanol–water partition coefficient (Wildman–Crippen LogP) is 0.620. The molecule has 3 fully saturated rings. The van der Waals surface area contributed by atoms with E-state index < -0.39 is 5.60 Å². The van der Waals surface area contributed by atoms with E-state index in [1.165, 1.54) is 11.1 Å². The summed E-state index contributed by atoms with van der Waals surface area (Å²) in [6.07, 6.45) is 0.813. The number of β-amino-alcohol motifs (C(OH)–C–C–N with tert-alkyl or cyclic N) is 1. The lowest BCUT2D eigenvalue weighted by Gasteiger charge is -2.38. The molecule has 0 bridgehead atoms. The molecule has 3 aliphatic rings. The van der Waals surface area contributed by atoms with Crippen LogP contribution in [0.5, 0.6) is 0 Å². The van der Waals surface area contributed by atoms with E-state index in [1.807, 2.05) is 4.90 Å². The highest BCUT2D eigenvalue weighted by atomic mass is 16.5. The number of carbonyl (C=O) groups is 1. The van der Waals surface area contributed by atoms with Gasteiger partial charge in [0.15, 0.2) is 0 Å². The second-order valence-corrected chi connectivity index (χ2v) is 9.18. The Morgan fingerprint density at radius 2 is 1.63 bits per heavy atom. The number of nitrogens with zero attached hydrogens (tertiary/aromatic N) is 4. The van der Waals surface area contributed by atoms with Crippen molar-refractivity contribution in [2.75, 3.05) is 72.1 Å². The summed E-state index contributed by atoms with van der Waals surface area (Å²) in [6, 6.07) is 8.87. The maximum atomic E-state index is 11.5. The first-order chi connectivity index (χ1) is 14.5. The highest BCUT2D eigenvalue weighted by molar-refractivity contribution is 5.73. The standard InChI is InChI=1S/C23H36N4O3/c1-20(28)27-9-7-25(8-10-27)18-23(29)5-6-26(19-23)17-22-4-2-3-21(15-22)16-24-11-13-30-14-12-24/h2-4,15,29H,5-14,16-19H2,1H3/t23-/m0/s1. The minimum absolute atomic E-state index is 0.149. The predicted molar refractivity (Wildman–Crippen MR) is 116 cm³/mol. The summed E-state index contributed by atoms with van der Waals surface area (Å²) < 4.78 is 5.45. The maximum Gasteiger partial charge on any atom is 0.219 e. The molecule has 3 heterocycles. The number of ether oxygens (including phenoxy) is 1. The van der Waals surface area contributed by atoms with Gasteiger partial charge in [-0.15, -0.1) is 0 Å². The second kappa shape index (κ2) is 9.75. The summed E-state index contributed by atoms with van der Waals surface area (Å²) in [5, 5.41) is 11.2. The van der Waals surface area contributed by atoms with Crippen molar-refractivity contribution in [2.45, 2.75) is 32.0 Å². The lowest BCUT2D eigenvalue weighted by molar-refractivity contribution is -0.130. The van der Waals surface area contributed by atoms with Crippen molar-refractivity contribution in [3.05, 3.63) is 35.4 Å². The molecule has 0 unspecified atom stereocenters. The molecule has 166 valence electrons. The van der Waals surface area contributed by atoms with Gasteiger partial charge in [0.25, 0.3) is 0 Å². The smallest absolute Gasteiger partial charge is 0.219 e. The Morgan fingerprint density at radius 1 is 0.967 bits per heavy atom. The Morgan fingerprint density at radius 3 is 2.30 bits per heavy atom. The fourth-order valence-corrected chi connectivity index (χ4v) is 4.94. The molecule has 0 spiro atoms. The van der Waals surface area contributed by atoms with Crippen molar-refractivity contribution in [3.63, 3.8) is 0 Å². The molecule has 1 amide bonds. The van der Waals surface area contributed by atoms with Crippen LogP contribution in [0.2, 0.25) is 0 Å². The highest BCUT2D eigenvalue weighted by Crippen LogP contribution is 2.25. The lowest BCUT2D eigenvalue weighted by Crippen LogP contribution is -2.53. The summed E-state index contributed by atoms with van der Waals surface area (Å²) in [7, 11) is 0. The second-order valence-electron chi connectivity index (χ2n) is 9.18. The Labute approximate surface area is 180 Å². The van der Waals surface area contributed by atoms with Crippen LogP contribution in [0.1, 0.15) is 24.5 Å². The van der Waals surface area contributed by atoms with E-state index in [4.69, 9.17) is 4.74 Å². The van der Waals surface area contributed by atoms with Crippen LogP contribution in [-0.4, -0.2) is 108 Å². The summed E-state index contributed by atoms with van der Waals surface area (Å²) in [5.74, 6) is 0.149. The largest absolute Gasteiger partial charge is 0.387 e. The SMILES string of the molecule is CC(=O)N1CCN(C[C@@]2(O)CCN(Cc3cccc(CN4CCOCC4)c3)C2)CC1. The van der Waals surface area contributed by atoms with Gasteiger partial charge >= 0.3 is 0 Å². The van der Waals surface area contributed by atoms with Crippen LogP contribution in [0.25, 0.3) is 0 Å². The van der Waals surface area contributed by atoms with Gasteiger partial charge in [-0.05, 0) is 17.5 Å². The first kappa shape index (κ1) is 21.7. The molecule has 30 heavy (non-hydrogen) atoms. The average Bonchev–Trinajstić information content (AvgIpc) is 3.09. The first-order valence-electron chi connectivity index (χ1n) is 11.3. The van der Waals surface area contributed by atoms with Gasteiger partial charge in [-0.25, -0.2) is 0 Å². The molecule has 1 atom stereocenters. The molecule has 1 aromatic carbocycles. The van der Waals surface area contributed by atoms with E-state index in [0.29, 0.717) is 13.1 Å². The van der Waals surface area contributed by atoms with E-state index in [-0.39, 0.29) is 5.91 Å². The summed E-state index contributed by atoms with van der Waals surface area (Å²) >= 11 is 0. The molecular weight excluding hydrogens is 380 g/mol. The van der Waals surface area contributed by atoms with Gasteiger partial charge < -0.3 is 14.7 Å². The van der Waals surface area contributed by atoms with Crippen LogP contribution in [0.15, 0.2) is 24.3 Å². The number of benzene rings is 1. The summed E-state index contributed by atoms with van der Waals surface area (Å²) in [5.41, 5.74) is 2.02. The zero-order valence-electron chi connectivity index (χ0n) is 18.3. The van der Waals surface area contributed by atoms with Gasteiger partial charge in [-0.2, -0.15) is 0 Å². The van der Waals surface area contributed by atoms with Crippen molar-refractivity contribution in [1.29, 1.82) is 0 Å². The molecule has 0 radical (unpaired) electrons. The quantitative estimate of drug-likeness (QED) is 0.734. The fourth-order valence-electron chi connectivity index (χ4n) is 4.94. The molecule has 0 aromatic heterocycles. The highest BCUT2D eigenvalue weighted by Gasteiger charge is 2.38. The Kier molecular flexibility index (Phi) is 7.05. The number of hydrogen-bond donors (Lipinski definition) is 1. The molecule has 4 rings (SSSR count). The summed E-state index contributed by atoms with van der Waals surface area (Å²) in [6.45, 7) is 12.8. The molecule has 1 N–H and O–H groups in total. The molecule has 0 aliphatic carbocycles. The van der Waals surface area contributed by atoms with Gasteiger partial charge in [0, 0.05) is 78.9 Å². The van der Waals surface area contributed by atoms with Crippen molar-refractivity contribution in [2.24, 2.45) is 0 Å². The van der Waals surface area contributed by atoms with Gasteiger partial charge in [-0.1, -0.05) is 24.3 Å². The van der Waals surface area contributed by atoms with Crippen LogP contribution in [0.3, 0.4) is 0 Å². The molecule has 7 heteroatoms. The minimum atomic E-state index is -0.649. The van der Waals surface area contributed by atoms with Crippen molar-refractivity contribution in [3.8, 4) is 0 Å². The number of rotatable bonds is 6. The Balaban J connectivity index is 1.26. The van der Waals surface area contributed by atoms with Crippen LogP contribution in [0, 0.1) is 0 Å². The Bertz CT molecular complexity index is 716. The van der Waals surface area contributed by atoms with Crippen molar-refractivity contribution in [1.82, 2.24) is 19.6 Å². The van der Waals surface area contributed by atoms with Crippen LogP contribution in [-0.2, 0) is 22.6 Å². The number of piperazine rings is 1. The van der Waals surface area contributed by atoms with E-state index in [2.05, 4.69) is 39.0 Å².